The predicted molar refractivity (Wildman–Crippen MR) is 78.3 cm³/mol. The number of carbonyl (C=O) groups is 4. The number of rotatable bonds is 10. The lowest BCUT2D eigenvalue weighted by Gasteiger charge is -2.22. The molecule has 0 aromatic rings. The van der Waals surface area contributed by atoms with Crippen LogP contribution in [0.4, 0.5) is 0 Å². The number of nitrogens with one attached hydrogen (secondary N) is 2. The van der Waals surface area contributed by atoms with Gasteiger partial charge in [0.05, 0.1) is 19.1 Å². The highest BCUT2D eigenvalue weighted by Gasteiger charge is 2.28. The van der Waals surface area contributed by atoms with Gasteiger partial charge in [-0.1, -0.05) is 13.8 Å². The first-order valence-corrected chi connectivity index (χ1v) is 7.00. The summed E-state index contributed by atoms with van der Waals surface area (Å²) in [4.78, 5) is 45.1. The van der Waals surface area contributed by atoms with E-state index in [1.54, 1.807) is 13.8 Å². The molecule has 0 aromatic heterocycles. The van der Waals surface area contributed by atoms with Gasteiger partial charge >= 0.3 is 11.9 Å². The Bertz CT molecular complexity index is 453. The number of carbonyl (C=O) groups excluding carboxylic acids is 2. The highest BCUT2D eigenvalue weighted by Crippen LogP contribution is 2.05. The fraction of sp³-hybridized carbons (Fsp3) is 0.692. The molecule has 0 rings (SSSR count). The molecule has 0 saturated carbocycles. The lowest BCUT2D eigenvalue weighted by molar-refractivity contribution is -0.143. The van der Waals surface area contributed by atoms with Crippen molar-refractivity contribution in [3.05, 3.63) is 0 Å². The van der Waals surface area contributed by atoms with E-state index >= 15 is 0 Å². The number of aliphatic hydroxyl groups excluding tert-OH is 1. The van der Waals surface area contributed by atoms with E-state index in [0.717, 1.165) is 0 Å². The fourth-order valence-corrected chi connectivity index (χ4v) is 1.72. The predicted octanol–water partition coefficient (Wildman–Crippen LogP) is -2.12. The molecule has 0 aliphatic rings. The van der Waals surface area contributed by atoms with Crippen molar-refractivity contribution in [1.29, 1.82) is 0 Å². The van der Waals surface area contributed by atoms with Gasteiger partial charge in [-0.15, -0.1) is 0 Å². The first kappa shape index (κ1) is 20.8. The molecule has 10 heteroatoms. The lowest BCUT2D eigenvalue weighted by atomic mass is 10.0. The van der Waals surface area contributed by atoms with Crippen molar-refractivity contribution in [3.63, 3.8) is 0 Å². The summed E-state index contributed by atoms with van der Waals surface area (Å²) in [6, 6.07) is -3.97. The summed E-state index contributed by atoms with van der Waals surface area (Å²) in [5.74, 6) is -4.35. The SMILES string of the molecule is CC(C)CC(NC(=O)C(CO)NC(=O)C(N)CC(=O)O)C(=O)O. The van der Waals surface area contributed by atoms with E-state index < -0.39 is 54.9 Å². The molecule has 0 aliphatic heterocycles. The van der Waals surface area contributed by atoms with E-state index in [9.17, 15) is 19.2 Å². The summed E-state index contributed by atoms with van der Waals surface area (Å²) in [6.07, 6.45) is -0.470. The quantitative estimate of drug-likeness (QED) is 0.262. The Morgan fingerprint density at radius 2 is 1.52 bits per heavy atom. The Morgan fingerprint density at radius 1 is 1.00 bits per heavy atom. The normalized spacial score (nSPS) is 14.7. The van der Waals surface area contributed by atoms with Gasteiger partial charge in [0.1, 0.15) is 12.1 Å². The van der Waals surface area contributed by atoms with Crippen LogP contribution in [0.3, 0.4) is 0 Å². The molecule has 2 amide bonds. The zero-order valence-corrected chi connectivity index (χ0v) is 13.0. The highest BCUT2D eigenvalue weighted by molar-refractivity contribution is 5.92. The monoisotopic (exact) mass is 333 g/mol. The van der Waals surface area contributed by atoms with Crippen molar-refractivity contribution in [2.45, 2.75) is 44.8 Å². The Labute approximate surface area is 133 Å². The molecular formula is C13H23N3O7. The van der Waals surface area contributed by atoms with Gasteiger partial charge in [-0.05, 0) is 12.3 Å². The molecule has 0 heterocycles. The maximum Gasteiger partial charge on any atom is 0.326 e. The number of carboxylic acids is 2. The van der Waals surface area contributed by atoms with Crippen LogP contribution in [0.15, 0.2) is 0 Å². The highest BCUT2D eigenvalue weighted by atomic mass is 16.4. The second-order valence-corrected chi connectivity index (χ2v) is 5.48. The zero-order chi connectivity index (χ0) is 18.2. The Balaban J connectivity index is 4.75. The minimum Gasteiger partial charge on any atom is -0.481 e. The molecule has 0 spiro atoms. The minimum absolute atomic E-state index is 0.00237. The summed E-state index contributed by atoms with van der Waals surface area (Å²) in [6.45, 7) is 2.77. The standard InChI is InChI=1S/C13H23N3O7/c1-6(2)3-8(13(22)23)15-12(21)9(5-17)16-11(20)7(14)4-10(18)19/h6-9,17H,3-5,14H2,1-2H3,(H,15,21)(H,16,20)(H,18,19)(H,22,23). The number of hydrogen-bond acceptors (Lipinski definition) is 6. The number of amides is 2. The summed E-state index contributed by atoms with van der Waals surface area (Å²) in [7, 11) is 0. The zero-order valence-electron chi connectivity index (χ0n) is 13.0. The summed E-state index contributed by atoms with van der Waals surface area (Å²) in [5.41, 5.74) is 5.34. The number of aliphatic hydroxyl groups is 1. The van der Waals surface area contributed by atoms with Crippen molar-refractivity contribution in [2.75, 3.05) is 6.61 Å². The first-order chi connectivity index (χ1) is 10.6. The van der Waals surface area contributed by atoms with Crippen molar-refractivity contribution in [3.8, 4) is 0 Å². The summed E-state index contributed by atoms with van der Waals surface area (Å²) < 4.78 is 0. The van der Waals surface area contributed by atoms with E-state index in [0.29, 0.717) is 0 Å². The van der Waals surface area contributed by atoms with Gasteiger partial charge in [-0.25, -0.2) is 4.79 Å². The topological polar surface area (TPSA) is 179 Å². The van der Waals surface area contributed by atoms with Gasteiger partial charge in [0.25, 0.3) is 0 Å². The third-order valence-corrected chi connectivity index (χ3v) is 2.87. The molecule has 3 atom stereocenters. The number of aliphatic carboxylic acids is 2. The van der Waals surface area contributed by atoms with Crippen molar-refractivity contribution < 1.29 is 34.5 Å². The molecule has 0 saturated heterocycles. The maximum absolute atomic E-state index is 11.9. The van der Waals surface area contributed by atoms with Crippen molar-refractivity contribution in [2.24, 2.45) is 11.7 Å². The number of hydrogen-bond donors (Lipinski definition) is 6. The Hall–Kier alpha value is -2.20. The number of carboxylic acid groups (broad SMARTS) is 2. The van der Waals surface area contributed by atoms with Crippen LogP contribution in [0.2, 0.25) is 0 Å². The van der Waals surface area contributed by atoms with Crippen LogP contribution < -0.4 is 16.4 Å². The minimum atomic E-state index is -1.42. The largest absolute Gasteiger partial charge is 0.481 e. The van der Waals surface area contributed by atoms with Gasteiger partial charge in [-0.3, -0.25) is 14.4 Å². The summed E-state index contributed by atoms with van der Waals surface area (Å²) >= 11 is 0. The smallest absolute Gasteiger partial charge is 0.326 e. The molecule has 7 N–H and O–H groups in total. The Morgan fingerprint density at radius 3 is 1.91 bits per heavy atom. The van der Waals surface area contributed by atoms with Gasteiger partial charge < -0.3 is 31.7 Å². The van der Waals surface area contributed by atoms with Crippen LogP contribution in [0.1, 0.15) is 26.7 Å². The molecule has 0 bridgehead atoms. The van der Waals surface area contributed by atoms with Crippen LogP contribution in [0, 0.1) is 5.92 Å². The van der Waals surface area contributed by atoms with Crippen LogP contribution in [-0.2, 0) is 19.2 Å². The summed E-state index contributed by atoms with van der Waals surface area (Å²) in [5, 5.41) is 31.1. The van der Waals surface area contributed by atoms with Crippen LogP contribution in [0.25, 0.3) is 0 Å². The molecule has 0 fully saturated rings. The average molecular weight is 333 g/mol. The van der Waals surface area contributed by atoms with Gasteiger partial charge in [0, 0.05) is 0 Å². The van der Waals surface area contributed by atoms with Gasteiger partial charge in [0.2, 0.25) is 11.8 Å². The van der Waals surface area contributed by atoms with E-state index in [1.807, 2.05) is 0 Å². The van der Waals surface area contributed by atoms with E-state index in [1.165, 1.54) is 0 Å². The molecule has 0 aliphatic carbocycles. The molecule has 23 heavy (non-hydrogen) atoms. The van der Waals surface area contributed by atoms with Crippen molar-refractivity contribution >= 4 is 23.8 Å². The maximum atomic E-state index is 11.9. The van der Waals surface area contributed by atoms with E-state index in [-0.39, 0.29) is 12.3 Å². The third kappa shape index (κ3) is 8.12. The second kappa shape index (κ2) is 9.74. The first-order valence-electron chi connectivity index (χ1n) is 7.00. The fourth-order valence-electron chi connectivity index (χ4n) is 1.72. The molecular weight excluding hydrogens is 310 g/mol. The molecule has 0 radical (unpaired) electrons. The molecule has 0 aromatic carbocycles. The second-order valence-electron chi connectivity index (χ2n) is 5.48. The van der Waals surface area contributed by atoms with E-state index in [2.05, 4.69) is 10.6 Å². The van der Waals surface area contributed by atoms with Gasteiger partial charge in [0.15, 0.2) is 0 Å². The van der Waals surface area contributed by atoms with Gasteiger partial charge in [-0.2, -0.15) is 0 Å². The molecule has 10 nitrogen and oxygen atoms in total. The third-order valence-electron chi connectivity index (χ3n) is 2.87. The number of nitrogens with two attached hydrogens (primary N) is 1. The van der Waals surface area contributed by atoms with Crippen LogP contribution in [0.5, 0.6) is 0 Å². The van der Waals surface area contributed by atoms with E-state index in [4.69, 9.17) is 21.1 Å². The average Bonchev–Trinajstić information content (AvgIpc) is 2.41. The molecule has 132 valence electrons. The molecule has 3 unspecified atom stereocenters. The lowest BCUT2D eigenvalue weighted by Crippen LogP contribution is -2.56. The van der Waals surface area contributed by atoms with Crippen molar-refractivity contribution in [1.82, 2.24) is 10.6 Å². The van der Waals surface area contributed by atoms with Crippen LogP contribution >= 0.6 is 0 Å². The van der Waals surface area contributed by atoms with Crippen LogP contribution in [-0.4, -0.2) is 63.8 Å². The Kier molecular flexibility index (Phi) is 8.81.